The van der Waals surface area contributed by atoms with Gasteiger partial charge in [-0.05, 0) is 24.3 Å². The monoisotopic (exact) mass is 452 g/mol. The number of fused-ring (bicyclic) bond motifs is 2. The summed E-state index contributed by atoms with van der Waals surface area (Å²) in [6, 6.07) is 10.4. The van der Waals surface area contributed by atoms with Gasteiger partial charge in [-0.15, -0.1) is 0 Å². The van der Waals surface area contributed by atoms with Gasteiger partial charge in [-0.2, -0.15) is 20.0 Å². The van der Waals surface area contributed by atoms with E-state index in [4.69, 9.17) is 16.0 Å². The number of carbonyl (C=O) groups is 1. The van der Waals surface area contributed by atoms with Gasteiger partial charge >= 0.3 is 0 Å². The van der Waals surface area contributed by atoms with Gasteiger partial charge in [0.2, 0.25) is 0 Å². The van der Waals surface area contributed by atoms with Crippen LogP contribution in [0.15, 0.2) is 53.2 Å². The summed E-state index contributed by atoms with van der Waals surface area (Å²) >= 11 is 6.04. The molecule has 2 aromatic heterocycles. The first-order chi connectivity index (χ1) is 15.6. The first-order valence-corrected chi connectivity index (χ1v) is 10.7. The number of likely N-dealkylation sites (tertiary alicyclic amines) is 1. The summed E-state index contributed by atoms with van der Waals surface area (Å²) in [6.45, 7) is 2.54. The number of hydrogen-bond acceptors (Lipinski definition) is 6. The van der Waals surface area contributed by atoms with Crippen molar-refractivity contribution in [3.05, 3.63) is 65.2 Å². The normalized spacial score (nSPS) is 20.3. The van der Waals surface area contributed by atoms with E-state index in [1.165, 1.54) is 23.3 Å². The molecule has 10 heteroatoms. The van der Waals surface area contributed by atoms with Crippen molar-refractivity contribution in [2.75, 3.05) is 31.1 Å². The predicted octanol–water partition coefficient (Wildman–Crippen LogP) is 3.41. The average Bonchev–Trinajstić information content (AvgIpc) is 3.55. The van der Waals surface area contributed by atoms with E-state index in [1.807, 2.05) is 6.07 Å². The van der Waals surface area contributed by atoms with Crippen LogP contribution in [0.25, 0.3) is 16.8 Å². The molecular formula is C22H18ClFN6O2. The first-order valence-electron chi connectivity index (χ1n) is 10.3. The van der Waals surface area contributed by atoms with Crippen LogP contribution in [0.4, 0.5) is 10.4 Å². The zero-order valence-electron chi connectivity index (χ0n) is 16.9. The Morgan fingerprint density at radius 2 is 1.81 bits per heavy atom. The third kappa shape index (κ3) is 3.12. The molecule has 0 spiro atoms. The second-order valence-corrected chi connectivity index (χ2v) is 8.63. The topological polar surface area (TPSA) is 80.3 Å². The van der Waals surface area contributed by atoms with Gasteiger partial charge in [-0.25, -0.2) is 4.39 Å². The van der Waals surface area contributed by atoms with Crippen molar-refractivity contribution in [3.8, 4) is 5.69 Å². The number of rotatable bonds is 3. The van der Waals surface area contributed by atoms with Crippen molar-refractivity contribution < 1.29 is 13.6 Å². The van der Waals surface area contributed by atoms with Gasteiger partial charge in [0.25, 0.3) is 11.9 Å². The number of nitrogens with zero attached hydrogens (tertiary/aromatic N) is 6. The van der Waals surface area contributed by atoms with E-state index in [0.717, 1.165) is 18.6 Å². The lowest BCUT2D eigenvalue weighted by atomic mass is 10.0. The lowest BCUT2D eigenvalue weighted by Crippen LogP contribution is -2.34. The maximum atomic E-state index is 14.7. The van der Waals surface area contributed by atoms with E-state index in [9.17, 15) is 9.18 Å². The molecule has 2 aliphatic heterocycles. The van der Waals surface area contributed by atoms with Crippen molar-refractivity contribution in [2.24, 2.45) is 11.8 Å². The molecule has 1 amide bonds. The second-order valence-electron chi connectivity index (χ2n) is 8.20. The zero-order chi connectivity index (χ0) is 21.8. The fourth-order valence-electron chi connectivity index (χ4n) is 4.73. The van der Waals surface area contributed by atoms with Crippen molar-refractivity contribution in [1.29, 1.82) is 0 Å². The predicted molar refractivity (Wildman–Crippen MR) is 115 cm³/mol. The van der Waals surface area contributed by atoms with Gasteiger partial charge in [0.1, 0.15) is 22.6 Å². The Hall–Kier alpha value is -3.46. The standard InChI is InChI=1S/C22H18ClFN6O2/c23-15-4-5-17-19(8-15)32-22(27-17)29-11-13-9-28(10-14(13)12-29)21(31)20-16(24)2-1-3-18(20)30-25-6-7-26-30/h1-8,13-14H,9-12H2. The van der Waals surface area contributed by atoms with Crippen molar-refractivity contribution in [3.63, 3.8) is 0 Å². The molecule has 2 atom stereocenters. The first kappa shape index (κ1) is 19.2. The fraction of sp³-hybridized carbons (Fsp3) is 0.273. The van der Waals surface area contributed by atoms with E-state index in [0.29, 0.717) is 35.4 Å². The van der Waals surface area contributed by atoms with Gasteiger partial charge in [-0.1, -0.05) is 17.7 Å². The molecule has 2 unspecified atom stereocenters. The number of anilines is 1. The van der Waals surface area contributed by atoms with Crippen LogP contribution in [0, 0.1) is 17.7 Å². The fourth-order valence-corrected chi connectivity index (χ4v) is 4.89. The van der Waals surface area contributed by atoms with Gasteiger partial charge in [0, 0.05) is 49.1 Å². The molecule has 0 N–H and O–H groups in total. The van der Waals surface area contributed by atoms with Gasteiger partial charge in [0.15, 0.2) is 5.58 Å². The van der Waals surface area contributed by atoms with Crippen LogP contribution in [-0.2, 0) is 0 Å². The van der Waals surface area contributed by atoms with Gasteiger partial charge in [0.05, 0.1) is 12.4 Å². The van der Waals surface area contributed by atoms with Crippen molar-refractivity contribution in [2.45, 2.75) is 0 Å². The molecule has 0 bridgehead atoms. The minimum absolute atomic E-state index is 0.00337. The van der Waals surface area contributed by atoms with E-state index < -0.39 is 5.82 Å². The van der Waals surface area contributed by atoms with Crippen LogP contribution >= 0.6 is 11.6 Å². The largest absolute Gasteiger partial charge is 0.423 e. The van der Waals surface area contributed by atoms with Crippen molar-refractivity contribution >= 4 is 34.6 Å². The number of hydrogen-bond donors (Lipinski definition) is 0. The Balaban J connectivity index is 1.21. The van der Waals surface area contributed by atoms with Crippen LogP contribution < -0.4 is 4.90 Å². The molecule has 6 rings (SSSR count). The number of amides is 1. The third-order valence-corrected chi connectivity index (χ3v) is 6.46. The highest BCUT2D eigenvalue weighted by Gasteiger charge is 2.43. The molecule has 0 aliphatic carbocycles. The number of carbonyl (C=O) groups excluding carboxylic acids is 1. The SMILES string of the molecule is O=C(c1c(F)cccc1-n1nccn1)N1CC2CN(c3nc4ccc(Cl)cc4o3)CC2C1. The summed E-state index contributed by atoms with van der Waals surface area (Å²) < 4.78 is 20.6. The minimum atomic E-state index is -0.575. The Bertz CT molecular complexity index is 1310. The smallest absolute Gasteiger partial charge is 0.298 e. The molecular weight excluding hydrogens is 435 g/mol. The highest BCUT2D eigenvalue weighted by atomic mass is 35.5. The minimum Gasteiger partial charge on any atom is -0.423 e. The second kappa shape index (κ2) is 7.30. The maximum Gasteiger partial charge on any atom is 0.298 e. The Morgan fingerprint density at radius 1 is 1.06 bits per heavy atom. The van der Waals surface area contributed by atoms with Crippen LogP contribution in [0.5, 0.6) is 0 Å². The quantitative estimate of drug-likeness (QED) is 0.474. The Labute approximate surface area is 187 Å². The Kier molecular flexibility index (Phi) is 4.39. The van der Waals surface area contributed by atoms with Gasteiger partial charge in [-0.3, -0.25) is 4.79 Å². The van der Waals surface area contributed by atoms with Crippen molar-refractivity contribution in [1.82, 2.24) is 24.9 Å². The molecule has 162 valence electrons. The van der Waals surface area contributed by atoms with Crippen LogP contribution in [0.3, 0.4) is 0 Å². The summed E-state index contributed by atoms with van der Waals surface area (Å²) in [7, 11) is 0. The molecule has 4 aromatic rings. The molecule has 2 fully saturated rings. The molecule has 2 aliphatic rings. The Morgan fingerprint density at radius 3 is 2.56 bits per heavy atom. The molecule has 2 aromatic carbocycles. The lowest BCUT2D eigenvalue weighted by molar-refractivity contribution is 0.0777. The summed E-state index contributed by atoms with van der Waals surface area (Å²) in [6.07, 6.45) is 2.99. The average molecular weight is 453 g/mol. The maximum absolute atomic E-state index is 14.7. The highest BCUT2D eigenvalue weighted by Crippen LogP contribution is 2.36. The van der Waals surface area contributed by atoms with E-state index in [-0.39, 0.29) is 23.3 Å². The third-order valence-electron chi connectivity index (χ3n) is 6.22. The number of aromatic nitrogens is 4. The molecule has 4 heterocycles. The van der Waals surface area contributed by atoms with Gasteiger partial charge < -0.3 is 14.2 Å². The van der Waals surface area contributed by atoms with E-state index in [2.05, 4.69) is 20.1 Å². The molecule has 32 heavy (non-hydrogen) atoms. The molecule has 0 radical (unpaired) electrons. The van der Waals surface area contributed by atoms with Crippen LogP contribution in [0.2, 0.25) is 5.02 Å². The van der Waals surface area contributed by atoms with Crippen LogP contribution in [-0.4, -0.2) is 57.0 Å². The molecule has 2 saturated heterocycles. The summed E-state index contributed by atoms with van der Waals surface area (Å²) in [5.74, 6) is -0.396. The number of oxazole rings is 1. The number of benzene rings is 2. The summed E-state index contributed by atoms with van der Waals surface area (Å²) in [5, 5.41) is 8.72. The summed E-state index contributed by atoms with van der Waals surface area (Å²) in [4.78, 5) is 22.9. The van der Waals surface area contributed by atoms with E-state index in [1.54, 1.807) is 29.2 Å². The molecule has 0 saturated carbocycles. The zero-order valence-corrected chi connectivity index (χ0v) is 17.6. The van der Waals surface area contributed by atoms with Crippen LogP contribution in [0.1, 0.15) is 10.4 Å². The number of halogens is 2. The lowest BCUT2D eigenvalue weighted by Gasteiger charge is -2.22. The summed E-state index contributed by atoms with van der Waals surface area (Å²) in [5.41, 5.74) is 1.75. The molecule has 8 nitrogen and oxygen atoms in total. The van der Waals surface area contributed by atoms with E-state index >= 15 is 0 Å². The highest BCUT2D eigenvalue weighted by molar-refractivity contribution is 6.31.